The lowest BCUT2D eigenvalue weighted by Gasteiger charge is -2.26. The number of carbonyl (C=O) groups is 1. The van der Waals surface area contributed by atoms with Gasteiger partial charge in [0, 0.05) is 16.0 Å². The molecule has 1 amide bonds. The van der Waals surface area contributed by atoms with E-state index in [0.29, 0.717) is 22.3 Å². The van der Waals surface area contributed by atoms with E-state index in [1.54, 1.807) is 25.1 Å². The van der Waals surface area contributed by atoms with Gasteiger partial charge in [0.2, 0.25) is 0 Å². The van der Waals surface area contributed by atoms with Gasteiger partial charge in [-0.3, -0.25) is 4.79 Å². The van der Waals surface area contributed by atoms with Crippen LogP contribution in [0.25, 0.3) is 0 Å². The average Bonchev–Trinajstić information content (AvgIpc) is 2.57. The summed E-state index contributed by atoms with van der Waals surface area (Å²) in [5, 5.41) is 3.87. The zero-order chi connectivity index (χ0) is 19.3. The lowest BCUT2D eigenvalue weighted by atomic mass is 9.85. The first-order valence-corrected chi connectivity index (χ1v) is 9.85. The van der Waals surface area contributed by atoms with Gasteiger partial charge in [-0.2, -0.15) is 0 Å². The summed E-state index contributed by atoms with van der Waals surface area (Å²) >= 11 is 15.4. The van der Waals surface area contributed by atoms with Gasteiger partial charge in [0.1, 0.15) is 5.75 Å². The Morgan fingerprint density at radius 1 is 1.19 bits per heavy atom. The third kappa shape index (κ3) is 6.49. The Balaban J connectivity index is 1.88. The van der Waals surface area contributed by atoms with E-state index in [0.717, 1.165) is 10.9 Å². The van der Waals surface area contributed by atoms with Gasteiger partial charge >= 0.3 is 0 Å². The molecule has 0 aliphatic heterocycles. The first-order valence-electron chi connectivity index (χ1n) is 8.30. The molecule has 0 fully saturated rings. The summed E-state index contributed by atoms with van der Waals surface area (Å²) in [5.74, 6) is 0.257. The predicted molar refractivity (Wildman–Crippen MR) is 111 cm³/mol. The van der Waals surface area contributed by atoms with Gasteiger partial charge in [-0.05, 0) is 54.7 Å². The molecule has 0 aliphatic rings. The number of halogens is 3. The lowest BCUT2D eigenvalue weighted by molar-refractivity contribution is -0.127. The van der Waals surface area contributed by atoms with Crippen molar-refractivity contribution in [3.63, 3.8) is 0 Å². The van der Waals surface area contributed by atoms with Gasteiger partial charge in [-0.1, -0.05) is 65.1 Å². The number of hydrogen-bond acceptors (Lipinski definition) is 2. The fourth-order valence-corrected chi connectivity index (χ4v) is 3.22. The van der Waals surface area contributed by atoms with Crippen molar-refractivity contribution in [3.05, 3.63) is 62.5 Å². The van der Waals surface area contributed by atoms with Crippen LogP contribution in [0.4, 0.5) is 0 Å². The molecule has 3 nitrogen and oxygen atoms in total. The molecule has 1 N–H and O–H groups in total. The third-order valence-corrected chi connectivity index (χ3v) is 4.96. The van der Waals surface area contributed by atoms with Crippen LogP contribution in [0.2, 0.25) is 10.0 Å². The topological polar surface area (TPSA) is 38.3 Å². The Kier molecular flexibility index (Phi) is 7.39. The molecule has 0 aromatic heterocycles. The van der Waals surface area contributed by atoms with Gasteiger partial charge in [0.15, 0.2) is 6.10 Å². The second-order valence-electron chi connectivity index (χ2n) is 7.02. The fourth-order valence-electron chi connectivity index (χ4n) is 2.50. The van der Waals surface area contributed by atoms with E-state index in [1.165, 1.54) is 5.56 Å². The molecule has 0 bridgehead atoms. The third-order valence-electron chi connectivity index (χ3n) is 3.90. The van der Waals surface area contributed by atoms with E-state index in [-0.39, 0.29) is 11.3 Å². The van der Waals surface area contributed by atoms with E-state index < -0.39 is 6.10 Å². The number of amides is 1. The van der Waals surface area contributed by atoms with Crippen molar-refractivity contribution in [2.75, 3.05) is 6.54 Å². The molecule has 6 heteroatoms. The van der Waals surface area contributed by atoms with Crippen LogP contribution in [0.5, 0.6) is 5.75 Å². The quantitative estimate of drug-likeness (QED) is 0.560. The number of carbonyl (C=O) groups excluding carboxylic acids is 1. The molecule has 1 unspecified atom stereocenters. The summed E-state index contributed by atoms with van der Waals surface area (Å²) < 4.78 is 6.71. The Labute approximate surface area is 173 Å². The fraction of sp³-hybridized carbons (Fsp3) is 0.350. The van der Waals surface area contributed by atoms with Crippen LogP contribution < -0.4 is 10.1 Å². The van der Waals surface area contributed by atoms with Crippen LogP contribution in [0.1, 0.15) is 26.3 Å². The molecular formula is C20H22BrCl2NO2. The van der Waals surface area contributed by atoms with Gasteiger partial charge < -0.3 is 10.1 Å². The number of hydrogen-bond donors (Lipinski definition) is 1. The van der Waals surface area contributed by atoms with E-state index in [1.807, 2.05) is 12.1 Å². The Morgan fingerprint density at radius 3 is 2.46 bits per heavy atom. The Bertz CT molecular complexity index is 763. The van der Waals surface area contributed by atoms with Crippen molar-refractivity contribution in [1.82, 2.24) is 5.32 Å². The summed E-state index contributed by atoms with van der Waals surface area (Å²) in [6.07, 6.45) is 0.205. The molecule has 26 heavy (non-hydrogen) atoms. The zero-order valence-corrected chi connectivity index (χ0v) is 18.1. The van der Waals surface area contributed by atoms with Crippen molar-refractivity contribution in [2.24, 2.45) is 5.41 Å². The van der Waals surface area contributed by atoms with E-state index in [2.05, 4.69) is 47.2 Å². The molecule has 0 aliphatic carbocycles. The largest absolute Gasteiger partial charge is 0.479 e. The van der Waals surface area contributed by atoms with Crippen molar-refractivity contribution >= 4 is 45.0 Å². The maximum atomic E-state index is 12.4. The van der Waals surface area contributed by atoms with E-state index in [4.69, 9.17) is 27.9 Å². The van der Waals surface area contributed by atoms with Crippen molar-refractivity contribution in [3.8, 4) is 5.75 Å². The second kappa shape index (κ2) is 9.12. The SMILES string of the molecule is CC(Oc1ccc(Cl)cc1Cl)C(=O)NCC(C)(C)Cc1ccc(Br)cc1. The molecule has 0 saturated carbocycles. The summed E-state index contributed by atoms with van der Waals surface area (Å²) in [6.45, 7) is 6.49. The van der Waals surface area contributed by atoms with Gasteiger partial charge in [0.05, 0.1) is 5.02 Å². The van der Waals surface area contributed by atoms with Gasteiger partial charge in [-0.25, -0.2) is 0 Å². The van der Waals surface area contributed by atoms with Crippen LogP contribution in [0.3, 0.4) is 0 Å². The molecule has 1 atom stereocenters. The lowest BCUT2D eigenvalue weighted by Crippen LogP contribution is -2.41. The molecular weight excluding hydrogens is 437 g/mol. The standard InChI is InChI=1S/C20H22BrCl2NO2/c1-13(26-18-9-8-16(22)10-17(18)23)19(25)24-12-20(2,3)11-14-4-6-15(21)7-5-14/h4-10,13H,11-12H2,1-3H3,(H,24,25). The number of rotatable bonds is 7. The molecule has 2 aromatic carbocycles. The minimum atomic E-state index is -0.655. The highest BCUT2D eigenvalue weighted by Crippen LogP contribution is 2.28. The van der Waals surface area contributed by atoms with Gasteiger partial charge in [0.25, 0.3) is 5.91 Å². The first-order chi connectivity index (χ1) is 12.2. The average molecular weight is 459 g/mol. The summed E-state index contributed by atoms with van der Waals surface area (Å²) in [7, 11) is 0. The predicted octanol–water partition coefficient (Wildman–Crippen LogP) is 5.91. The Hall–Kier alpha value is -1.23. The summed E-state index contributed by atoms with van der Waals surface area (Å²) in [5.41, 5.74) is 1.14. The van der Waals surface area contributed by atoms with E-state index >= 15 is 0 Å². The minimum Gasteiger partial charge on any atom is -0.479 e. The first kappa shape index (κ1) is 21.1. The molecule has 0 spiro atoms. The highest BCUT2D eigenvalue weighted by Gasteiger charge is 2.22. The van der Waals surface area contributed by atoms with E-state index in [9.17, 15) is 4.79 Å². The maximum Gasteiger partial charge on any atom is 0.260 e. The minimum absolute atomic E-state index is 0.0822. The van der Waals surface area contributed by atoms with Crippen LogP contribution in [0, 0.1) is 5.41 Å². The highest BCUT2D eigenvalue weighted by atomic mass is 79.9. The van der Waals surface area contributed by atoms with Crippen molar-refractivity contribution in [2.45, 2.75) is 33.3 Å². The van der Waals surface area contributed by atoms with Crippen LogP contribution in [0.15, 0.2) is 46.9 Å². The molecule has 2 rings (SSSR count). The smallest absolute Gasteiger partial charge is 0.260 e. The van der Waals surface area contributed by atoms with Gasteiger partial charge in [-0.15, -0.1) is 0 Å². The molecule has 0 heterocycles. The maximum absolute atomic E-state index is 12.4. The Morgan fingerprint density at radius 2 is 1.85 bits per heavy atom. The summed E-state index contributed by atoms with van der Waals surface area (Å²) in [4.78, 5) is 12.4. The van der Waals surface area contributed by atoms with Crippen LogP contribution >= 0.6 is 39.1 Å². The number of nitrogens with one attached hydrogen (secondary N) is 1. The molecule has 0 radical (unpaired) electrons. The van der Waals surface area contributed by atoms with Crippen LogP contribution in [-0.4, -0.2) is 18.6 Å². The highest BCUT2D eigenvalue weighted by molar-refractivity contribution is 9.10. The van der Waals surface area contributed by atoms with Crippen molar-refractivity contribution in [1.29, 1.82) is 0 Å². The second-order valence-corrected chi connectivity index (χ2v) is 8.78. The monoisotopic (exact) mass is 457 g/mol. The van der Waals surface area contributed by atoms with Crippen LogP contribution in [-0.2, 0) is 11.2 Å². The molecule has 0 saturated heterocycles. The number of ether oxygens (including phenoxy) is 1. The zero-order valence-electron chi connectivity index (χ0n) is 15.0. The van der Waals surface area contributed by atoms with Crippen molar-refractivity contribution < 1.29 is 9.53 Å². The number of benzene rings is 2. The summed E-state index contributed by atoms with van der Waals surface area (Å²) in [6, 6.07) is 13.1. The normalized spacial score (nSPS) is 12.5. The molecule has 140 valence electrons. The molecule has 2 aromatic rings.